The molecule has 0 aliphatic rings. The summed E-state index contributed by atoms with van der Waals surface area (Å²) in [7, 11) is 5.45. The van der Waals surface area contributed by atoms with E-state index in [4.69, 9.17) is 10.5 Å². The molecule has 0 bridgehead atoms. The number of ketones is 1. The number of carbonyl (C=O) groups is 3. The van der Waals surface area contributed by atoms with Crippen LogP contribution < -0.4 is 10.8 Å². The smallest absolute Gasteiger partial charge is 0.323 e. The number of ether oxygens (including phenoxy) is 1. The molecule has 0 aromatic rings. The molecule has 0 aromatic heterocycles. The molecule has 0 spiro atoms. The van der Waals surface area contributed by atoms with Gasteiger partial charge in [-0.1, -0.05) is 20.8 Å². The molecule has 7 nitrogen and oxygen atoms in total. The Kier molecular flexibility index (Phi) is 11.1. The van der Waals surface area contributed by atoms with Crippen molar-refractivity contribution in [3.05, 3.63) is 0 Å². The molecule has 0 aliphatic heterocycles. The molecule has 0 fully saturated rings. The second-order valence-electron chi connectivity index (χ2n) is 7.30. The van der Waals surface area contributed by atoms with E-state index in [0.29, 0.717) is 10.9 Å². The van der Waals surface area contributed by atoms with Crippen molar-refractivity contribution in [3.8, 4) is 0 Å². The number of carbonyl (C=O) groups excluding carboxylic acids is 3. The number of aliphatic carboxylic acids is 1. The van der Waals surface area contributed by atoms with E-state index < -0.39 is 35.8 Å². The van der Waals surface area contributed by atoms with Gasteiger partial charge in [-0.25, -0.2) is 0 Å². The highest BCUT2D eigenvalue weighted by molar-refractivity contribution is 5.98. The molecule has 0 radical (unpaired) electrons. The van der Waals surface area contributed by atoms with Crippen LogP contribution in [0.1, 0.15) is 33.6 Å². The predicted molar refractivity (Wildman–Crippen MR) is 91.3 cm³/mol. The zero-order valence-corrected chi connectivity index (χ0v) is 16.2. The minimum absolute atomic E-state index is 0. The van der Waals surface area contributed by atoms with E-state index in [0.717, 1.165) is 0 Å². The third-order valence-electron chi connectivity index (χ3n) is 3.34. The zero-order valence-electron chi connectivity index (χ0n) is 15.4. The van der Waals surface area contributed by atoms with Gasteiger partial charge in [0, 0.05) is 6.42 Å². The largest absolute Gasteiger partial charge is 0.549 e. The van der Waals surface area contributed by atoms with Gasteiger partial charge in [0.2, 0.25) is 0 Å². The number of nitrogens with two attached hydrogens (primary N) is 1. The van der Waals surface area contributed by atoms with Crippen molar-refractivity contribution in [2.24, 2.45) is 17.6 Å². The minimum atomic E-state index is -1.53. The number of carboxylic acid groups (broad SMARTS) is 1. The Morgan fingerprint density at radius 2 is 1.67 bits per heavy atom. The quantitative estimate of drug-likeness (QED) is 0.324. The van der Waals surface area contributed by atoms with Gasteiger partial charge in [0.05, 0.1) is 33.0 Å². The summed E-state index contributed by atoms with van der Waals surface area (Å²) in [5.74, 6) is -4.02. The highest BCUT2D eigenvalue weighted by Crippen LogP contribution is 2.16. The number of quaternary nitrogens is 1. The van der Waals surface area contributed by atoms with Gasteiger partial charge in [-0.2, -0.15) is 0 Å². The normalized spacial score (nSPS) is 15.2. The summed E-state index contributed by atoms with van der Waals surface area (Å²) < 4.78 is 5.65. The minimum Gasteiger partial charge on any atom is -0.549 e. The highest BCUT2D eigenvalue weighted by atomic mass is 35.5. The topological polar surface area (TPSA) is 110 Å². The summed E-state index contributed by atoms with van der Waals surface area (Å²) in [4.78, 5) is 35.5. The van der Waals surface area contributed by atoms with Crippen molar-refractivity contribution in [1.29, 1.82) is 0 Å². The van der Waals surface area contributed by atoms with Crippen LogP contribution in [0.15, 0.2) is 0 Å². The Balaban J connectivity index is 0. The number of halogens is 1. The molecule has 0 heterocycles. The van der Waals surface area contributed by atoms with E-state index in [1.54, 1.807) is 6.92 Å². The maximum Gasteiger partial charge on any atom is 0.323 e. The molecule has 3 atom stereocenters. The second kappa shape index (κ2) is 10.6. The fourth-order valence-corrected chi connectivity index (χ4v) is 2.30. The van der Waals surface area contributed by atoms with Crippen molar-refractivity contribution in [3.63, 3.8) is 0 Å². The second-order valence-corrected chi connectivity index (χ2v) is 7.30. The van der Waals surface area contributed by atoms with Crippen LogP contribution in [0.5, 0.6) is 0 Å². The fraction of sp³-hybridized carbons (Fsp3) is 0.812. The van der Waals surface area contributed by atoms with E-state index in [2.05, 4.69) is 0 Å². The maximum atomic E-state index is 12.1. The number of esters is 1. The first kappa shape index (κ1) is 25.1. The van der Waals surface area contributed by atoms with E-state index in [1.165, 1.54) is 0 Å². The van der Waals surface area contributed by atoms with Crippen LogP contribution in [0.3, 0.4) is 0 Å². The van der Waals surface area contributed by atoms with Crippen LogP contribution in [0.2, 0.25) is 0 Å². The Morgan fingerprint density at radius 3 is 2.00 bits per heavy atom. The molecule has 24 heavy (non-hydrogen) atoms. The summed E-state index contributed by atoms with van der Waals surface area (Å²) in [6, 6.07) is -0.843. The molecule has 0 aromatic carbocycles. The molecular formula is C16H31ClN2O5. The lowest BCUT2D eigenvalue weighted by molar-refractivity contribution is -0.873. The third kappa shape index (κ3) is 9.20. The molecule has 0 rings (SSSR count). The third-order valence-corrected chi connectivity index (χ3v) is 3.34. The summed E-state index contributed by atoms with van der Waals surface area (Å²) in [5, 5.41) is 11.4. The summed E-state index contributed by atoms with van der Waals surface area (Å²) in [5.41, 5.74) is 5.79. The number of Topliss-reactive ketones (excluding diaryl/α,β-unsaturated/α-hetero) is 1. The number of carboxylic acids is 1. The van der Waals surface area contributed by atoms with Gasteiger partial charge in [-0.05, 0) is 12.3 Å². The van der Waals surface area contributed by atoms with Gasteiger partial charge < -0.3 is 24.9 Å². The highest BCUT2D eigenvalue weighted by Gasteiger charge is 2.36. The molecule has 142 valence electrons. The number of hydrogen-bond acceptors (Lipinski definition) is 6. The lowest BCUT2D eigenvalue weighted by Gasteiger charge is -2.33. The molecule has 0 saturated heterocycles. The van der Waals surface area contributed by atoms with Gasteiger partial charge in [-0.15, -0.1) is 12.4 Å². The van der Waals surface area contributed by atoms with E-state index >= 15 is 0 Å². The number of rotatable bonds is 10. The predicted octanol–water partition coefficient (Wildman–Crippen LogP) is -0.255. The standard InChI is InChI=1S/C16H30N2O5.ClH/c1-7-12(19)14(15(20)21)13(9-18(4,5)6)23-16(22)11(17)8-10(2)3;/h10-11,13-14H,7-9,17H2,1-6H3;1H/t11-,13?,14?;/m0./s1. The molecule has 2 unspecified atom stereocenters. The maximum absolute atomic E-state index is 12.1. The summed E-state index contributed by atoms with van der Waals surface area (Å²) in [6.45, 7) is 5.57. The van der Waals surface area contributed by atoms with Crippen LogP contribution in [-0.4, -0.2) is 62.0 Å². The molecule has 0 aliphatic carbocycles. The van der Waals surface area contributed by atoms with Gasteiger partial charge in [0.15, 0.2) is 6.10 Å². The van der Waals surface area contributed by atoms with Crippen molar-refractivity contribution < 1.29 is 28.7 Å². The molecular weight excluding hydrogens is 336 g/mol. The summed E-state index contributed by atoms with van der Waals surface area (Å²) in [6.07, 6.45) is -0.645. The van der Waals surface area contributed by atoms with Gasteiger partial charge >= 0.3 is 5.97 Å². The monoisotopic (exact) mass is 366 g/mol. The first-order valence-electron chi connectivity index (χ1n) is 7.89. The lowest BCUT2D eigenvalue weighted by Crippen LogP contribution is -2.53. The van der Waals surface area contributed by atoms with Crippen LogP contribution in [0.25, 0.3) is 0 Å². The number of likely N-dealkylation sites (N-methyl/N-ethyl adjacent to an activating group) is 1. The molecule has 0 amide bonds. The SMILES string of the molecule is CCC(=O)C(C(=O)[O-])C(C[N+](C)(C)C)OC(=O)[C@@H](N)CC(C)C.Cl. The Morgan fingerprint density at radius 1 is 1.17 bits per heavy atom. The molecule has 2 N–H and O–H groups in total. The van der Waals surface area contributed by atoms with Crippen LogP contribution in [0.4, 0.5) is 0 Å². The Bertz CT molecular complexity index is 435. The van der Waals surface area contributed by atoms with Crippen molar-refractivity contribution in [2.75, 3.05) is 27.7 Å². The van der Waals surface area contributed by atoms with Gasteiger partial charge in [0.1, 0.15) is 18.4 Å². The Hall–Kier alpha value is -1.18. The van der Waals surface area contributed by atoms with E-state index in [9.17, 15) is 19.5 Å². The first-order chi connectivity index (χ1) is 10.4. The lowest BCUT2D eigenvalue weighted by atomic mass is 9.94. The van der Waals surface area contributed by atoms with Crippen molar-refractivity contribution in [2.45, 2.75) is 45.8 Å². The number of hydrogen-bond donors (Lipinski definition) is 1. The van der Waals surface area contributed by atoms with Crippen molar-refractivity contribution >= 4 is 30.1 Å². The zero-order chi connectivity index (χ0) is 18.4. The summed E-state index contributed by atoms with van der Waals surface area (Å²) >= 11 is 0. The van der Waals surface area contributed by atoms with Crippen molar-refractivity contribution in [1.82, 2.24) is 0 Å². The first-order valence-corrected chi connectivity index (χ1v) is 7.89. The average molecular weight is 367 g/mol. The van der Waals surface area contributed by atoms with Crippen LogP contribution in [-0.2, 0) is 19.1 Å². The molecule has 0 saturated carbocycles. The van der Waals surface area contributed by atoms with Gasteiger partial charge in [-0.3, -0.25) is 9.59 Å². The molecule has 8 heteroatoms. The van der Waals surface area contributed by atoms with E-state index in [1.807, 2.05) is 35.0 Å². The van der Waals surface area contributed by atoms with E-state index in [-0.39, 0.29) is 31.3 Å². The van der Waals surface area contributed by atoms with Crippen LogP contribution >= 0.6 is 12.4 Å². The fourth-order valence-electron chi connectivity index (χ4n) is 2.30. The van der Waals surface area contributed by atoms with Gasteiger partial charge in [0.25, 0.3) is 0 Å². The van der Waals surface area contributed by atoms with Crippen LogP contribution in [0, 0.1) is 11.8 Å². The number of nitrogens with zero attached hydrogens (tertiary/aromatic N) is 1. The average Bonchev–Trinajstić information content (AvgIpc) is 2.35. The Labute approximate surface area is 150 Å².